The predicted molar refractivity (Wildman–Crippen MR) is 94.3 cm³/mol. The zero-order valence-corrected chi connectivity index (χ0v) is 15.5. The number of nitrogens with one attached hydrogen (secondary N) is 2. The lowest BCUT2D eigenvalue weighted by Gasteiger charge is -2.48. The van der Waals surface area contributed by atoms with Gasteiger partial charge in [0.25, 0.3) is 0 Å². The van der Waals surface area contributed by atoms with Crippen LogP contribution in [-0.4, -0.2) is 48.6 Å². The van der Waals surface area contributed by atoms with Crippen molar-refractivity contribution < 1.29 is 4.79 Å². The SMILES string of the molecule is CCN1CCC[C@@H]1CNCC(=O)N[C@@]1(C)[C@H]2CC[C@@H](C2)C1(C)C. The number of fused-ring (bicyclic) bond motifs is 2. The molecule has 1 heterocycles. The number of nitrogens with zero attached hydrogens (tertiary/aromatic N) is 1. The van der Waals surface area contributed by atoms with Gasteiger partial charge in [-0.15, -0.1) is 0 Å². The lowest BCUT2D eigenvalue weighted by molar-refractivity contribution is -0.124. The summed E-state index contributed by atoms with van der Waals surface area (Å²) in [7, 11) is 0. The van der Waals surface area contributed by atoms with E-state index in [9.17, 15) is 4.79 Å². The molecule has 4 heteroatoms. The maximum absolute atomic E-state index is 12.5. The van der Waals surface area contributed by atoms with Crippen LogP contribution in [0.25, 0.3) is 0 Å². The van der Waals surface area contributed by atoms with Crippen LogP contribution in [0.3, 0.4) is 0 Å². The summed E-state index contributed by atoms with van der Waals surface area (Å²) in [6.45, 7) is 12.9. The number of rotatable bonds is 6. The highest BCUT2D eigenvalue weighted by atomic mass is 16.2. The molecule has 0 spiro atoms. The van der Waals surface area contributed by atoms with Crippen molar-refractivity contribution in [2.75, 3.05) is 26.2 Å². The molecule has 0 aromatic rings. The van der Waals surface area contributed by atoms with Crippen molar-refractivity contribution in [3.63, 3.8) is 0 Å². The van der Waals surface area contributed by atoms with Crippen molar-refractivity contribution in [3.8, 4) is 0 Å². The van der Waals surface area contributed by atoms with Crippen LogP contribution >= 0.6 is 0 Å². The molecule has 3 fully saturated rings. The second kappa shape index (κ2) is 6.36. The summed E-state index contributed by atoms with van der Waals surface area (Å²) in [5.74, 6) is 1.62. The molecule has 0 unspecified atom stereocenters. The van der Waals surface area contributed by atoms with Gasteiger partial charge in [-0.2, -0.15) is 0 Å². The third kappa shape index (κ3) is 2.93. The Kier molecular flexibility index (Phi) is 4.76. The molecule has 1 amide bonds. The number of carbonyl (C=O) groups is 1. The Morgan fingerprint density at radius 2 is 1.91 bits per heavy atom. The van der Waals surface area contributed by atoms with Crippen LogP contribution in [0.1, 0.15) is 59.8 Å². The van der Waals surface area contributed by atoms with Crippen LogP contribution in [0.5, 0.6) is 0 Å². The van der Waals surface area contributed by atoms with Crippen LogP contribution < -0.4 is 10.6 Å². The molecule has 1 saturated heterocycles. The number of carbonyl (C=O) groups excluding carboxylic acids is 1. The first-order valence-corrected chi connectivity index (χ1v) is 9.64. The van der Waals surface area contributed by atoms with Gasteiger partial charge in [-0.3, -0.25) is 9.69 Å². The fourth-order valence-corrected chi connectivity index (χ4v) is 5.60. The van der Waals surface area contributed by atoms with E-state index in [4.69, 9.17) is 0 Å². The van der Waals surface area contributed by atoms with Gasteiger partial charge in [-0.05, 0) is 69.4 Å². The molecule has 4 nitrogen and oxygen atoms in total. The smallest absolute Gasteiger partial charge is 0.234 e. The fourth-order valence-electron chi connectivity index (χ4n) is 5.60. The van der Waals surface area contributed by atoms with Crippen LogP contribution in [0, 0.1) is 17.3 Å². The van der Waals surface area contributed by atoms with Gasteiger partial charge in [-0.25, -0.2) is 0 Å². The van der Waals surface area contributed by atoms with Gasteiger partial charge in [0.2, 0.25) is 5.91 Å². The van der Waals surface area contributed by atoms with E-state index in [2.05, 4.69) is 43.2 Å². The summed E-state index contributed by atoms with van der Waals surface area (Å²) in [6.07, 6.45) is 6.48. The van der Waals surface area contributed by atoms with Crippen molar-refractivity contribution in [1.29, 1.82) is 0 Å². The van der Waals surface area contributed by atoms with Gasteiger partial charge in [-0.1, -0.05) is 20.8 Å². The first-order chi connectivity index (χ1) is 10.9. The molecule has 0 aromatic carbocycles. The maximum Gasteiger partial charge on any atom is 0.234 e. The maximum atomic E-state index is 12.5. The van der Waals surface area contributed by atoms with E-state index >= 15 is 0 Å². The molecule has 23 heavy (non-hydrogen) atoms. The first kappa shape index (κ1) is 17.2. The lowest BCUT2D eigenvalue weighted by atomic mass is 9.64. The van der Waals surface area contributed by atoms with Crippen molar-refractivity contribution in [2.45, 2.75) is 71.4 Å². The Balaban J connectivity index is 1.48. The molecule has 4 atom stereocenters. The molecule has 0 radical (unpaired) electrons. The Bertz CT molecular complexity index is 450. The first-order valence-electron chi connectivity index (χ1n) is 9.64. The van der Waals surface area contributed by atoms with Gasteiger partial charge in [0.05, 0.1) is 6.54 Å². The van der Waals surface area contributed by atoms with Gasteiger partial charge < -0.3 is 10.6 Å². The van der Waals surface area contributed by atoms with Crippen LogP contribution in [-0.2, 0) is 4.79 Å². The number of likely N-dealkylation sites (tertiary alicyclic amines) is 1. The third-order valence-corrected chi connectivity index (χ3v) is 7.58. The Morgan fingerprint density at radius 1 is 1.17 bits per heavy atom. The molecule has 3 rings (SSSR count). The normalized spacial score (nSPS) is 39.0. The molecule has 2 bridgehead atoms. The molecule has 3 aliphatic rings. The average Bonchev–Trinajstić information content (AvgIpc) is 3.18. The minimum Gasteiger partial charge on any atom is -0.349 e. The lowest BCUT2D eigenvalue weighted by Crippen LogP contribution is -2.60. The summed E-state index contributed by atoms with van der Waals surface area (Å²) in [5.41, 5.74) is 0.188. The molecule has 2 N–H and O–H groups in total. The molecular formula is C19H35N3O. The summed E-state index contributed by atoms with van der Waals surface area (Å²) in [4.78, 5) is 15.0. The zero-order valence-electron chi connectivity index (χ0n) is 15.5. The Hall–Kier alpha value is -0.610. The van der Waals surface area contributed by atoms with Crippen LogP contribution in [0.2, 0.25) is 0 Å². The number of amides is 1. The van der Waals surface area contributed by atoms with Crippen LogP contribution in [0.4, 0.5) is 0 Å². The Morgan fingerprint density at radius 3 is 2.57 bits per heavy atom. The minimum atomic E-state index is -0.0303. The number of hydrogen-bond donors (Lipinski definition) is 2. The number of likely N-dealkylation sites (N-methyl/N-ethyl adjacent to an activating group) is 1. The van der Waals surface area contributed by atoms with E-state index in [1.807, 2.05) is 0 Å². The van der Waals surface area contributed by atoms with Crippen LogP contribution in [0.15, 0.2) is 0 Å². The standard InChI is InChI=1S/C19H35N3O/c1-5-22-10-6-7-16(22)12-20-13-17(23)21-19(4)15-9-8-14(11-15)18(19,2)3/h14-16,20H,5-13H2,1-4H3,(H,21,23)/t14-,15-,16+,19-/m0/s1. The zero-order chi connectivity index (χ0) is 16.7. The Labute approximate surface area is 141 Å². The summed E-state index contributed by atoms with van der Waals surface area (Å²) >= 11 is 0. The molecule has 2 aliphatic carbocycles. The van der Waals surface area contributed by atoms with Gasteiger partial charge in [0.15, 0.2) is 0 Å². The molecule has 0 aromatic heterocycles. The van der Waals surface area contributed by atoms with Crippen molar-refractivity contribution in [3.05, 3.63) is 0 Å². The monoisotopic (exact) mass is 321 g/mol. The van der Waals surface area contributed by atoms with E-state index in [1.54, 1.807) is 0 Å². The molecule has 2 saturated carbocycles. The van der Waals surface area contributed by atoms with Crippen molar-refractivity contribution >= 4 is 5.91 Å². The van der Waals surface area contributed by atoms with Crippen molar-refractivity contribution in [1.82, 2.24) is 15.5 Å². The largest absolute Gasteiger partial charge is 0.349 e. The summed E-state index contributed by atoms with van der Waals surface area (Å²) in [5, 5.41) is 6.81. The second-order valence-electron chi connectivity index (χ2n) is 8.73. The third-order valence-electron chi connectivity index (χ3n) is 7.58. The topological polar surface area (TPSA) is 44.4 Å². The predicted octanol–water partition coefficient (Wildman–Crippen LogP) is 2.39. The van der Waals surface area contributed by atoms with Gasteiger partial charge >= 0.3 is 0 Å². The summed E-state index contributed by atoms with van der Waals surface area (Å²) in [6, 6.07) is 0.613. The van der Waals surface area contributed by atoms with E-state index in [1.165, 1.54) is 38.6 Å². The average molecular weight is 322 g/mol. The fraction of sp³-hybridized carbons (Fsp3) is 0.947. The van der Waals surface area contributed by atoms with E-state index in [0.717, 1.165) is 19.0 Å². The molecular weight excluding hydrogens is 286 g/mol. The molecule has 1 aliphatic heterocycles. The minimum absolute atomic E-state index is 0.0303. The summed E-state index contributed by atoms with van der Waals surface area (Å²) < 4.78 is 0. The van der Waals surface area contributed by atoms with E-state index in [0.29, 0.717) is 18.5 Å². The second-order valence-corrected chi connectivity index (χ2v) is 8.73. The van der Waals surface area contributed by atoms with E-state index in [-0.39, 0.29) is 16.9 Å². The van der Waals surface area contributed by atoms with Gasteiger partial charge in [0.1, 0.15) is 0 Å². The highest BCUT2D eigenvalue weighted by Gasteiger charge is 2.60. The van der Waals surface area contributed by atoms with Crippen molar-refractivity contribution in [2.24, 2.45) is 17.3 Å². The quantitative estimate of drug-likeness (QED) is 0.789. The molecule has 132 valence electrons. The van der Waals surface area contributed by atoms with E-state index < -0.39 is 0 Å². The highest BCUT2D eigenvalue weighted by Crippen LogP contribution is 2.61. The van der Waals surface area contributed by atoms with Gasteiger partial charge in [0, 0.05) is 18.1 Å². The number of hydrogen-bond acceptors (Lipinski definition) is 3. The highest BCUT2D eigenvalue weighted by molar-refractivity contribution is 5.79.